The number of pyridine rings is 1. The Morgan fingerprint density at radius 2 is 2.26 bits per heavy atom. The summed E-state index contributed by atoms with van der Waals surface area (Å²) in [6.45, 7) is 4.59. The summed E-state index contributed by atoms with van der Waals surface area (Å²) in [6.07, 6.45) is 6.68. The van der Waals surface area contributed by atoms with Gasteiger partial charge in [-0.2, -0.15) is 11.8 Å². The van der Waals surface area contributed by atoms with Crippen LogP contribution < -0.4 is 10.1 Å². The topological polar surface area (TPSA) is 34.2 Å². The molecule has 0 saturated carbocycles. The van der Waals surface area contributed by atoms with Crippen molar-refractivity contribution in [2.45, 2.75) is 25.0 Å². The average molecular weight is 330 g/mol. The Balaban J connectivity index is 2.05. The van der Waals surface area contributed by atoms with Crippen molar-refractivity contribution in [1.82, 2.24) is 10.3 Å². The number of ether oxygens (including phenoxy) is 1. The van der Waals surface area contributed by atoms with E-state index in [4.69, 9.17) is 4.74 Å². The molecule has 2 heterocycles. The number of nitrogens with one attached hydrogen (secondary N) is 1. The van der Waals surface area contributed by atoms with Crippen molar-refractivity contribution in [2.24, 2.45) is 11.8 Å². The fourth-order valence-corrected chi connectivity index (χ4v) is 5.01. The Labute approximate surface area is 143 Å². The first kappa shape index (κ1) is 16.6. The number of hydrogen-bond donors (Lipinski definition) is 1. The maximum absolute atomic E-state index is 5.43. The molecule has 1 unspecified atom stereocenters. The highest BCUT2D eigenvalue weighted by atomic mass is 32.2. The number of hydrogen-bond acceptors (Lipinski definition) is 4. The fraction of sp³-hybridized carbons (Fsp3) is 0.526. The molecule has 1 saturated heterocycles. The number of benzene rings is 1. The van der Waals surface area contributed by atoms with E-state index >= 15 is 0 Å². The Kier molecular flexibility index (Phi) is 5.44. The van der Waals surface area contributed by atoms with Gasteiger partial charge in [-0.05, 0) is 67.4 Å². The van der Waals surface area contributed by atoms with Crippen LogP contribution in [0.1, 0.15) is 30.6 Å². The molecule has 124 valence electrons. The van der Waals surface area contributed by atoms with E-state index < -0.39 is 0 Å². The third kappa shape index (κ3) is 3.33. The van der Waals surface area contributed by atoms with Crippen LogP contribution in [0.25, 0.3) is 10.9 Å². The average Bonchev–Trinajstić information content (AvgIpc) is 2.62. The Morgan fingerprint density at radius 3 is 3.00 bits per heavy atom. The quantitative estimate of drug-likeness (QED) is 0.887. The van der Waals surface area contributed by atoms with Crippen molar-refractivity contribution in [2.75, 3.05) is 26.5 Å². The fourth-order valence-electron chi connectivity index (χ4n) is 3.84. The van der Waals surface area contributed by atoms with Gasteiger partial charge in [0.05, 0.1) is 12.6 Å². The zero-order valence-electron chi connectivity index (χ0n) is 14.2. The van der Waals surface area contributed by atoms with Gasteiger partial charge >= 0.3 is 0 Å². The van der Waals surface area contributed by atoms with Crippen molar-refractivity contribution in [3.8, 4) is 5.75 Å². The van der Waals surface area contributed by atoms with Gasteiger partial charge in [-0.3, -0.25) is 4.98 Å². The van der Waals surface area contributed by atoms with Crippen LogP contribution >= 0.6 is 11.8 Å². The van der Waals surface area contributed by atoms with Crippen molar-refractivity contribution in [1.29, 1.82) is 0 Å². The largest absolute Gasteiger partial charge is 0.497 e. The SMILES string of the molecule is CC[C@H]1CNCC[C@H]1C(SC)c1ccnc2ccc(OC)cc12. The van der Waals surface area contributed by atoms with Crippen LogP contribution in [0, 0.1) is 11.8 Å². The summed E-state index contributed by atoms with van der Waals surface area (Å²) in [6, 6.07) is 8.40. The van der Waals surface area contributed by atoms with Gasteiger partial charge in [0.15, 0.2) is 0 Å². The summed E-state index contributed by atoms with van der Waals surface area (Å²) in [7, 11) is 1.73. The van der Waals surface area contributed by atoms with E-state index in [9.17, 15) is 0 Å². The minimum atomic E-state index is 0.514. The summed E-state index contributed by atoms with van der Waals surface area (Å²) < 4.78 is 5.43. The van der Waals surface area contributed by atoms with Gasteiger partial charge in [0, 0.05) is 16.8 Å². The smallest absolute Gasteiger partial charge is 0.119 e. The highest BCUT2D eigenvalue weighted by Gasteiger charge is 2.32. The molecule has 3 atom stereocenters. The molecular weight excluding hydrogens is 304 g/mol. The first-order valence-corrected chi connectivity index (χ1v) is 9.73. The maximum atomic E-state index is 5.43. The second kappa shape index (κ2) is 7.54. The molecule has 1 N–H and O–H groups in total. The number of nitrogens with zero attached hydrogens (tertiary/aromatic N) is 1. The first-order chi connectivity index (χ1) is 11.3. The maximum Gasteiger partial charge on any atom is 0.119 e. The van der Waals surface area contributed by atoms with Crippen LogP contribution in [-0.2, 0) is 0 Å². The van der Waals surface area contributed by atoms with E-state index in [1.165, 1.54) is 23.8 Å². The Hall–Kier alpha value is -1.26. The van der Waals surface area contributed by atoms with E-state index in [2.05, 4.69) is 41.7 Å². The lowest BCUT2D eigenvalue weighted by atomic mass is 9.79. The molecule has 4 heteroatoms. The van der Waals surface area contributed by atoms with Gasteiger partial charge in [0.25, 0.3) is 0 Å². The number of piperidine rings is 1. The molecule has 2 aromatic rings. The van der Waals surface area contributed by atoms with E-state index in [1.54, 1.807) is 7.11 Å². The molecule has 1 fully saturated rings. The van der Waals surface area contributed by atoms with Crippen LogP contribution in [-0.4, -0.2) is 31.4 Å². The molecule has 3 nitrogen and oxygen atoms in total. The minimum Gasteiger partial charge on any atom is -0.497 e. The molecule has 1 aromatic heterocycles. The highest BCUT2D eigenvalue weighted by Crippen LogP contribution is 2.44. The van der Waals surface area contributed by atoms with Gasteiger partial charge in [0.1, 0.15) is 5.75 Å². The van der Waals surface area contributed by atoms with Crippen LogP contribution in [0.15, 0.2) is 30.5 Å². The molecule has 0 aliphatic carbocycles. The summed E-state index contributed by atoms with van der Waals surface area (Å²) in [5.41, 5.74) is 2.47. The van der Waals surface area contributed by atoms with Gasteiger partial charge in [-0.1, -0.05) is 13.3 Å². The number of methoxy groups -OCH3 is 1. The zero-order chi connectivity index (χ0) is 16.2. The minimum absolute atomic E-state index is 0.514. The van der Waals surface area contributed by atoms with E-state index in [1.807, 2.05) is 24.0 Å². The summed E-state index contributed by atoms with van der Waals surface area (Å²) in [5, 5.41) is 5.31. The van der Waals surface area contributed by atoms with Gasteiger partial charge < -0.3 is 10.1 Å². The van der Waals surface area contributed by atoms with Crippen molar-refractivity contribution < 1.29 is 4.74 Å². The number of aromatic nitrogens is 1. The lowest BCUT2D eigenvalue weighted by Gasteiger charge is -2.37. The van der Waals surface area contributed by atoms with Crippen molar-refractivity contribution in [3.63, 3.8) is 0 Å². The summed E-state index contributed by atoms with van der Waals surface area (Å²) >= 11 is 1.98. The third-order valence-corrected chi connectivity index (χ3v) is 6.23. The zero-order valence-corrected chi connectivity index (χ0v) is 15.0. The molecule has 0 radical (unpaired) electrons. The van der Waals surface area contributed by atoms with Gasteiger partial charge in [0.2, 0.25) is 0 Å². The molecule has 0 spiro atoms. The molecule has 1 aliphatic heterocycles. The van der Waals surface area contributed by atoms with Gasteiger partial charge in [-0.25, -0.2) is 0 Å². The Morgan fingerprint density at radius 1 is 1.39 bits per heavy atom. The highest BCUT2D eigenvalue weighted by molar-refractivity contribution is 7.98. The second-order valence-corrected chi connectivity index (χ2v) is 7.24. The lowest BCUT2D eigenvalue weighted by Crippen LogP contribution is -2.38. The lowest BCUT2D eigenvalue weighted by molar-refractivity contribution is 0.243. The van der Waals surface area contributed by atoms with E-state index in [0.29, 0.717) is 11.2 Å². The van der Waals surface area contributed by atoms with Crippen LogP contribution in [0.3, 0.4) is 0 Å². The van der Waals surface area contributed by atoms with Crippen LogP contribution in [0.4, 0.5) is 0 Å². The standard InChI is InChI=1S/C19H26N2OS/c1-4-13-12-20-9-7-15(13)19(23-3)16-8-10-21-18-6-5-14(22-2)11-17(16)18/h5-6,8,10-11,13,15,19-20H,4,7,9,12H2,1-3H3/t13-,15+,19?/m0/s1. The molecular formula is C19H26N2OS. The van der Waals surface area contributed by atoms with Crippen molar-refractivity contribution in [3.05, 3.63) is 36.0 Å². The van der Waals surface area contributed by atoms with Crippen LogP contribution in [0.5, 0.6) is 5.75 Å². The molecule has 3 rings (SSSR count). The van der Waals surface area contributed by atoms with Crippen molar-refractivity contribution >= 4 is 22.7 Å². The number of rotatable bonds is 5. The molecule has 0 bridgehead atoms. The van der Waals surface area contributed by atoms with Crippen LogP contribution in [0.2, 0.25) is 0 Å². The predicted molar refractivity (Wildman–Crippen MR) is 99.3 cm³/mol. The molecule has 0 amide bonds. The first-order valence-electron chi connectivity index (χ1n) is 8.44. The van der Waals surface area contributed by atoms with E-state index in [-0.39, 0.29) is 0 Å². The van der Waals surface area contributed by atoms with Gasteiger partial charge in [-0.15, -0.1) is 0 Å². The molecule has 23 heavy (non-hydrogen) atoms. The monoisotopic (exact) mass is 330 g/mol. The summed E-state index contributed by atoms with van der Waals surface area (Å²) in [4.78, 5) is 4.54. The predicted octanol–water partition coefficient (Wildman–Crippen LogP) is 4.28. The third-order valence-electron chi connectivity index (χ3n) is 5.12. The number of thioether (sulfide) groups is 1. The second-order valence-electron chi connectivity index (χ2n) is 6.26. The molecule has 1 aliphatic rings. The summed E-state index contributed by atoms with van der Waals surface area (Å²) in [5.74, 6) is 2.37. The normalized spacial score (nSPS) is 22.9. The number of fused-ring (bicyclic) bond motifs is 1. The Bertz CT molecular complexity index is 661. The van der Waals surface area contributed by atoms with E-state index in [0.717, 1.165) is 30.3 Å². The molecule has 1 aromatic carbocycles.